The summed E-state index contributed by atoms with van der Waals surface area (Å²) < 4.78 is 15.4. The van der Waals surface area contributed by atoms with E-state index in [0.717, 1.165) is 5.56 Å². The van der Waals surface area contributed by atoms with Crippen LogP contribution in [0.1, 0.15) is 26.3 Å². The van der Waals surface area contributed by atoms with Crippen LogP contribution in [0, 0.1) is 0 Å². The van der Waals surface area contributed by atoms with Crippen molar-refractivity contribution in [3.63, 3.8) is 0 Å². The summed E-state index contributed by atoms with van der Waals surface area (Å²) in [5.41, 5.74) is 0.204. The molecule has 0 aromatic heterocycles. The Balaban J connectivity index is 2.50. The Bertz CT molecular complexity index is 583. The summed E-state index contributed by atoms with van der Waals surface area (Å²) in [6, 6.07) is 5.09. The lowest BCUT2D eigenvalue weighted by Gasteiger charge is -2.24. The third-order valence-electron chi connectivity index (χ3n) is 2.96. The Kier molecular flexibility index (Phi) is 7.35. The van der Waals surface area contributed by atoms with Crippen LogP contribution in [0.2, 0.25) is 5.02 Å². The topological polar surface area (TPSA) is 65.1 Å². The summed E-state index contributed by atoms with van der Waals surface area (Å²) in [6.45, 7) is 6.06. The van der Waals surface area contributed by atoms with Gasteiger partial charge in [-0.1, -0.05) is 17.7 Å². The second kappa shape index (κ2) is 8.78. The van der Waals surface area contributed by atoms with E-state index in [-0.39, 0.29) is 19.0 Å². The van der Waals surface area contributed by atoms with Crippen molar-refractivity contribution in [1.29, 1.82) is 0 Å². The zero-order valence-electron chi connectivity index (χ0n) is 14.7. The van der Waals surface area contributed by atoms with Crippen molar-refractivity contribution in [3.05, 3.63) is 28.8 Å². The third-order valence-corrected chi connectivity index (χ3v) is 3.26. The van der Waals surface area contributed by atoms with E-state index in [2.05, 4.69) is 4.74 Å². The average molecular weight is 358 g/mol. The molecule has 1 rings (SSSR count). The zero-order chi connectivity index (χ0) is 18.3. The minimum atomic E-state index is -0.537. The van der Waals surface area contributed by atoms with Crippen molar-refractivity contribution in [3.8, 4) is 5.75 Å². The first-order valence-corrected chi connectivity index (χ1v) is 7.92. The predicted octanol–water partition coefficient (Wildman–Crippen LogP) is 3.30. The quantitative estimate of drug-likeness (QED) is 0.731. The zero-order valence-corrected chi connectivity index (χ0v) is 15.5. The molecule has 0 spiro atoms. The number of nitrogens with zero attached hydrogens (tertiary/aromatic N) is 1. The number of benzene rings is 1. The molecule has 0 saturated carbocycles. The number of likely N-dealkylation sites (N-methyl/N-ethyl adjacent to an activating group) is 1. The van der Waals surface area contributed by atoms with Crippen LogP contribution in [0.5, 0.6) is 5.75 Å². The molecule has 1 amide bonds. The molecule has 0 aliphatic heterocycles. The standard InChI is InChI=1S/C17H24ClNO5/c1-17(2,3)24-16(21)19(4)8-9-23-14-7-6-12(10-13(14)18)11-15(20)22-5/h6-7,10H,8-9,11H2,1-5H3. The van der Waals surface area contributed by atoms with Crippen LogP contribution >= 0.6 is 11.6 Å². The van der Waals surface area contributed by atoms with Gasteiger partial charge in [0.15, 0.2) is 0 Å². The van der Waals surface area contributed by atoms with Crippen molar-refractivity contribution in [2.75, 3.05) is 27.3 Å². The van der Waals surface area contributed by atoms with E-state index in [1.54, 1.807) is 25.2 Å². The van der Waals surface area contributed by atoms with Gasteiger partial charge in [0.05, 0.1) is 25.1 Å². The van der Waals surface area contributed by atoms with E-state index in [1.165, 1.54) is 12.0 Å². The number of carbonyl (C=O) groups is 2. The largest absolute Gasteiger partial charge is 0.490 e. The normalized spacial score (nSPS) is 10.9. The van der Waals surface area contributed by atoms with E-state index in [4.69, 9.17) is 21.1 Å². The van der Waals surface area contributed by atoms with Gasteiger partial charge in [0.25, 0.3) is 0 Å². The number of carbonyl (C=O) groups excluding carboxylic acids is 2. The maximum Gasteiger partial charge on any atom is 0.410 e. The van der Waals surface area contributed by atoms with Gasteiger partial charge >= 0.3 is 12.1 Å². The first-order chi connectivity index (χ1) is 11.1. The minimum Gasteiger partial charge on any atom is -0.490 e. The molecule has 134 valence electrons. The highest BCUT2D eigenvalue weighted by atomic mass is 35.5. The van der Waals surface area contributed by atoms with Crippen molar-refractivity contribution in [2.45, 2.75) is 32.8 Å². The molecule has 0 unspecified atom stereocenters. The highest BCUT2D eigenvalue weighted by Gasteiger charge is 2.19. The molecule has 0 saturated heterocycles. The lowest BCUT2D eigenvalue weighted by Crippen LogP contribution is -2.36. The second-order valence-electron chi connectivity index (χ2n) is 6.27. The van der Waals surface area contributed by atoms with Crippen LogP contribution in [0.4, 0.5) is 4.79 Å². The number of hydrogen-bond donors (Lipinski definition) is 0. The van der Waals surface area contributed by atoms with Gasteiger partial charge in [-0.05, 0) is 38.5 Å². The van der Waals surface area contributed by atoms with E-state index < -0.39 is 11.7 Å². The lowest BCUT2D eigenvalue weighted by molar-refractivity contribution is -0.139. The molecular formula is C17H24ClNO5. The lowest BCUT2D eigenvalue weighted by atomic mass is 10.1. The Hall–Kier alpha value is -1.95. The number of methoxy groups -OCH3 is 1. The van der Waals surface area contributed by atoms with Gasteiger partial charge in [0.2, 0.25) is 0 Å². The maximum atomic E-state index is 11.8. The van der Waals surface area contributed by atoms with Crippen LogP contribution in [0.15, 0.2) is 18.2 Å². The molecule has 0 bridgehead atoms. The Labute approximate surface area is 147 Å². The van der Waals surface area contributed by atoms with Gasteiger partial charge in [-0.3, -0.25) is 4.79 Å². The predicted molar refractivity (Wildman–Crippen MR) is 91.5 cm³/mol. The van der Waals surface area contributed by atoms with Crippen molar-refractivity contribution < 1.29 is 23.8 Å². The molecule has 0 radical (unpaired) electrons. The number of amides is 1. The van der Waals surface area contributed by atoms with Gasteiger partial charge in [0, 0.05) is 7.05 Å². The highest BCUT2D eigenvalue weighted by Crippen LogP contribution is 2.25. The van der Waals surface area contributed by atoms with Gasteiger partial charge in [-0.2, -0.15) is 0 Å². The number of ether oxygens (including phenoxy) is 3. The third kappa shape index (κ3) is 7.08. The average Bonchev–Trinajstić information content (AvgIpc) is 2.47. The van der Waals surface area contributed by atoms with Gasteiger partial charge in [-0.25, -0.2) is 4.79 Å². The Morgan fingerprint density at radius 3 is 2.46 bits per heavy atom. The molecule has 24 heavy (non-hydrogen) atoms. The monoisotopic (exact) mass is 357 g/mol. The molecule has 1 aromatic rings. The smallest absolute Gasteiger partial charge is 0.410 e. The first-order valence-electron chi connectivity index (χ1n) is 7.54. The maximum absolute atomic E-state index is 11.8. The summed E-state index contributed by atoms with van der Waals surface area (Å²) in [4.78, 5) is 24.5. The van der Waals surface area contributed by atoms with Crippen LogP contribution in [-0.2, 0) is 20.7 Å². The van der Waals surface area contributed by atoms with Gasteiger partial charge in [-0.15, -0.1) is 0 Å². The molecule has 0 heterocycles. The minimum absolute atomic E-state index is 0.151. The number of rotatable bonds is 6. The van der Waals surface area contributed by atoms with Crippen molar-refractivity contribution >= 4 is 23.7 Å². The molecule has 0 N–H and O–H groups in total. The molecular weight excluding hydrogens is 334 g/mol. The molecule has 0 aliphatic carbocycles. The van der Waals surface area contributed by atoms with Crippen LogP contribution < -0.4 is 4.74 Å². The van der Waals surface area contributed by atoms with Gasteiger partial charge < -0.3 is 19.1 Å². The Morgan fingerprint density at radius 1 is 1.25 bits per heavy atom. The van der Waals surface area contributed by atoms with Crippen LogP contribution in [0.3, 0.4) is 0 Å². The van der Waals surface area contributed by atoms with Gasteiger partial charge in [0.1, 0.15) is 18.0 Å². The van der Waals surface area contributed by atoms with Crippen molar-refractivity contribution in [2.24, 2.45) is 0 Å². The SMILES string of the molecule is COC(=O)Cc1ccc(OCCN(C)C(=O)OC(C)(C)C)c(Cl)c1. The summed E-state index contributed by atoms with van der Waals surface area (Å²) in [7, 11) is 2.97. The van der Waals surface area contributed by atoms with E-state index >= 15 is 0 Å². The molecule has 6 nitrogen and oxygen atoms in total. The van der Waals surface area contributed by atoms with Crippen molar-refractivity contribution in [1.82, 2.24) is 4.90 Å². The summed E-state index contributed by atoms with van der Waals surface area (Å²) in [6.07, 6.45) is -0.261. The number of hydrogen-bond acceptors (Lipinski definition) is 5. The molecule has 0 atom stereocenters. The van der Waals surface area contributed by atoms with Crippen LogP contribution in [-0.4, -0.2) is 49.9 Å². The van der Waals surface area contributed by atoms with E-state index in [1.807, 2.05) is 20.8 Å². The molecule has 7 heteroatoms. The fourth-order valence-corrected chi connectivity index (χ4v) is 1.99. The second-order valence-corrected chi connectivity index (χ2v) is 6.68. The highest BCUT2D eigenvalue weighted by molar-refractivity contribution is 6.32. The fraction of sp³-hybridized carbons (Fsp3) is 0.529. The summed E-state index contributed by atoms with van der Waals surface area (Å²) >= 11 is 6.14. The summed E-state index contributed by atoms with van der Waals surface area (Å²) in [5.74, 6) is 0.154. The summed E-state index contributed by atoms with van der Waals surface area (Å²) in [5, 5.41) is 0.399. The first kappa shape index (κ1) is 20.1. The molecule has 0 fully saturated rings. The van der Waals surface area contributed by atoms with E-state index in [9.17, 15) is 9.59 Å². The molecule has 1 aromatic carbocycles. The van der Waals surface area contributed by atoms with E-state index in [0.29, 0.717) is 17.3 Å². The van der Waals surface area contributed by atoms with Crippen LogP contribution in [0.25, 0.3) is 0 Å². The fourth-order valence-electron chi connectivity index (χ4n) is 1.73. The number of halogens is 1. The Morgan fingerprint density at radius 2 is 1.92 bits per heavy atom. The number of esters is 1. The molecule has 0 aliphatic rings.